The van der Waals surface area contributed by atoms with Crippen molar-refractivity contribution in [2.75, 3.05) is 12.4 Å². The molecule has 0 aliphatic rings. The van der Waals surface area contributed by atoms with E-state index in [2.05, 4.69) is 5.32 Å². The average Bonchev–Trinajstić information content (AvgIpc) is 2.71. The van der Waals surface area contributed by atoms with Crippen LogP contribution in [0.2, 0.25) is 15.1 Å². The summed E-state index contributed by atoms with van der Waals surface area (Å²) in [4.78, 5) is 12.9. The Morgan fingerprint density at radius 1 is 0.929 bits per heavy atom. The first kappa shape index (κ1) is 20.5. The monoisotopic (exact) mass is 433 g/mol. The largest absolute Gasteiger partial charge is 0.497 e. The van der Waals surface area contributed by atoms with Crippen LogP contribution in [0, 0.1) is 0 Å². The number of carbonyl (C=O) groups excluding carboxylic acids is 1. The molecule has 0 amide bonds. The second-order valence-corrected chi connectivity index (χ2v) is 7.48. The van der Waals surface area contributed by atoms with E-state index in [0.717, 1.165) is 11.3 Å². The number of rotatable bonds is 7. The summed E-state index contributed by atoms with van der Waals surface area (Å²) >= 11 is 18.1. The van der Waals surface area contributed by atoms with Gasteiger partial charge in [-0.15, -0.1) is 0 Å². The third kappa shape index (κ3) is 5.20. The summed E-state index contributed by atoms with van der Waals surface area (Å²) in [6.45, 7) is 0. The number of anilines is 1. The molecule has 0 heterocycles. The Labute approximate surface area is 179 Å². The smallest absolute Gasteiger partial charge is 0.165 e. The number of methoxy groups -OCH3 is 1. The Kier molecular flexibility index (Phi) is 6.84. The highest BCUT2D eigenvalue weighted by Crippen LogP contribution is 2.30. The number of ketones is 1. The van der Waals surface area contributed by atoms with Gasteiger partial charge in [0.15, 0.2) is 5.78 Å². The number of Topliss-reactive ketones (excluding diaryl/α,β-unsaturated/α-hetero) is 1. The highest BCUT2D eigenvalue weighted by Gasteiger charge is 2.18. The normalized spacial score (nSPS) is 11.7. The molecule has 28 heavy (non-hydrogen) atoms. The Bertz CT molecular complexity index is 957. The molecule has 0 aromatic heterocycles. The molecule has 0 spiro atoms. The van der Waals surface area contributed by atoms with Gasteiger partial charge in [-0.2, -0.15) is 0 Å². The predicted octanol–water partition coefficient (Wildman–Crippen LogP) is 7.08. The Morgan fingerprint density at radius 3 is 2.21 bits per heavy atom. The summed E-state index contributed by atoms with van der Waals surface area (Å²) in [5.41, 5.74) is 2.34. The van der Waals surface area contributed by atoms with Gasteiger partial charge in [-0.1, -0.05) is 46.9 Å². The van der Waals surface area contributed by atoms with Crippen LogP contribution in [0.5, 0.6) is 5.75 Å². The number of hydrogen-bond donors (Lipinski definition) is 1. The van der Waals surface area contributed by atoms with Crippen molar-refractivity contribution in [2.45, 2.75) is 12.5 Å². The Balaban J connectivity index is 1.85. The lowest BCUT2D eigenvalue weighted by Gasteiger charge is -2.20. The van der Waals surface area contributed by atoms with Crippen LogP contribution in [0.4, 0.5) is 5.69 Å². The SMILES string of the molecule is COc1ccc(C(=O)C[C@@H](Nc2ccc(Cl)c(Cl)c2)c2ccc(Cl)cc2)cc1. The maximum atomic E-state index is 12.9. The van der Waals surface area contributed by atoms with Gasteiger partial charge < -0.3 is 10.1 Å². The summed E-state index contributed by atoms with van der Waals surface area (Å²) in [5, 5.41) is 4.94. The van der Waals surface area contributed by atoms with Crippen LogP contribution in [0.1, 0.15) is 28.4 Å². The van der Waals surface area contributed by atoms with Gasteiger partial charge in [-0.05, 0) is 60.2 Å². The molecule has 0 bridgehead atoms. The van der Waals surface area contributed by atoms with Crippen LogP contribution < -0.4 is 10.1 Å². The zero-order chi connectivity index (χ0) is 20.1. The maximum absolute atomic E-state index is 12.9. The van der Waals surface area contributed by atoms with Crippen molar-refractivity contribution in [1.29, 1.82) is 0 Å². The zero-order valence-corrected chi connectivity index (χ0v) is 17.4. The topological polar surface area (TPSA) is 38.3 Å². The van der Waals surface area contributed by atoms with Crippen LogP contribution in [-0.4, -0.2) is 12.9 Å². The highest BCUT2D eigenvalue weighted by molar-refractivity contribution is 6.42. The van der Waals surface area contributed by atoms with E-state index in [4.69, 9.17) is 39.5 Å². The van der Waals surface area contributed by atoms with Gasteiger partial charge in [0.05, 0.1) is 23.2 Å². The van der Waals surface area contributed by atoms with Crippen molar-refractivity contribution in [2.24, 2.45) is 0 Å². The number of halogens is 3. The lowest BCUT2D eigenvalue weighted by molar-refractivity contribution is 0.0976. The molecule has 3 rings (SSSR count). The number of benzene rings is 3. The van der Waals surface area contributed by atoms with Crippen LogP contribution in [0.15, 0.2) is 66.7 Å². The lowest BCUT2D eigenvalue weighted by atomic mass is 9.97. The first-order chi connectivity index (χ1) is 13.5. The fraction of sp³-hybridized carbons (Fsp3) is 0.136. The molecule has 1 N–H and O–H groups in total. The molecule has 144 valence electrons. The molecule has 0 radical (unpaired) electrons. The molecule has 3 aromatic rings. The minimum absolute atomic E-state index is 0.00941. The van der Waals surface area contributed by atoms with Crippen molar-refractivity contribution in [3.05, 3.63) is 92.9 Å². The molecule has 0 saturated heterocycles. The van der Waals surface area contributed by atoms with Crippen LogP contribution in [0.3, 0.4) is 0 Å². The third-order valence-electron chi connectivity index (χ3n) is 4.33. The molecule has 1 atom stereocenters. The van der Waals surface area contributed by atoms with Crippen LogP contribution >= 0.6 is 34.8 Å². The standard InChI is InChI=1S/C22H18Cl3NO2/c1-28-18-9-4-15(5-10-18)22(27)13-21(14-2-6-16(23)7-3-14)26-17-8-11-19(24)20(25)12-17/h2-12,21,26H,13H2,1H3/t21-/m1/s1. The molecule has 3 nitrogen and oxygen atoms in total. The Morgan fingerprint density at radius 2 is 1.61 bits per heavy atom. The lowest BCUT2D eigenvalue weighted by Crippen LogP contribution is -2.16. The van der Waals surface area contributed by atoms with Crippen molar-refractivity contribution in [1.82, 2.24) is 0 Å². The first-order valence-electron chi connectivity index (χ1n) is 8.60. The van der Waals surface area contributed by atoms with E-state index in [-0.39, 0.29) is 18.2 Å². The molecule has 0 aliphatic carbocycles. The third-order valence-corrected chi connectivity index (χ3v) is 5.33. The van der Waals surface area contributed by atoms with E-state index in [9.17, 15) is 4.79 Å². The highest BCUT2D eigenvalue weighted by atomic mass is 35.5. The van der Waals surface area contributed by atoms with Gasteiger partial charge in [0.25, 0.3) is 0 Å². The zero-order valence-electron chi connectivity index (χ0n) is 15.1. The van der Waals surface area contributed by atoms with Crippen molar-refractivity contribution < 1.29 is 9.53 Å². The van der Waals surface area contributed by atoms with Gasteiger partial charge in [-0.25, -0.2) is 0 Å². The second-order valence-electron chi connectivity index (χ2n) is 6.23. The second kappa shape index (κ2) is 9.33. The van der Waals surface area contributed by atoms with Gasteiger partial charge >= 0.3 is 0 Å². The molecule has 0 saturated carbocycles. The number of hydrogen-bond acceptors (Lipinski definition) is 3. The number of nitrogens with one attached hydrogen (secondary N) is 1. The van der Waals surface area contributed by atoms with Gasteiger partial charge in [-0.3, -0.25) is 4.79 Å². The molecule has 0 unspecified atom stereocenters. The van der Waals surface area contributed by atoms with E-state index < -0.39 is 0 Å². The summed E-state index contributed by atoms with van der Waals surface area (Å²) in [7, 11) is 1.59. The van der Waals surface area contributed by atoms with E-state index in [1.54, 1.807) is 55.6 Å². The minimum atomic E-state index is -0.260. The predicted molar refractivity (Wildman–Crippen MR) is 116 cm³/mol. The van der Waals surface area contributed by atoms with Gasteiger partial charge in [0.2, 0.25) is 0 Å². The Hall–Kier alpha value is -2.20. The van der Waals surface area contributed by atoms with E-state index >= 15 is 0 Å². The number of ether oxygens (including phenoxy) is 1. The first-order valence-corrected chi connectivity index (χ1v) is 9.74. The fourth-order valence-corrected chi connectivity index (χ4v) is 3.24. The molecular weight excluding hydrogens is 417 g/mol. The van der Waals surface area contributed by atoms with Crippen molar-refractivity contribution in [3.63, 3.8) is 0 Å². The van der Waals surface area contributed by atoms with Gasteiger partial charge in [0.1, 0.15) is 5.75 Å². The van der Waals surface area contributed by atoms with Gasteiger partial charge in [0, 0.05) is 22.7 Å². The summed E-state index contributed by atoms with van der Waals surface area (Å²) < 4.78 is 5.15. The number of carbonyl (C=O) groups is 1. The minimum Gasteiger partial charge on any atom is -0.497 e. The maximum Gasteiger partial charge on any atom is 0.165 e. The van der Waals surface area contributed by atoms with Crippen molar-refractivity contribution >= 4 is 46.3 Å². The van der Waals surface area contributed by atoms with E-state index in [1.165, 1.54) is 0 Å². The summed E-state index contributed by atoms with van der Waals surface area (Å²) in [6, 6.07) is 19.5. The molecular formula is C22H18Cl3NO2. The quantitative estimate of drug-likeness (QED) is 0.404. The van der Waals surface area contributed by atoms with E-state index in [1.807, 2.05) is 18.2 Å². The summed E-state index contributed by atoms with van der Waals surface area (Å²) in [6.07, 6.45) is 0.258. The summed E-state index contributed by atoms with van der Waals surface area (Å²) in [5.74, 6) is 0.717. The molecule has 0 fully saturated rings. The van der Waals surface area contributed by atoms with Crippen LogP contribution in [0.25, 0.3) is 0 Å². The average molecular weight is 435 g/mol. The fourth-order valence-electron chi connectivity index (χ4n) is 2.81. The van der Waals surface area contributed by atoms with Crippen LogP contribution in [-0.2, 0) is 0 Å². The molecule has 3 aromatic carbocycles. The van der Waals surface area contributed by atoms with Crippen molar-refractivity contribution in [3.8, 4) is 5.75 Å². The van der Waals surface area contributed by atoms with E-state index in [0.29, 0.717) is 26.4 Å². The molecule has 6 heteroatoms. The molecule has 0 aliphatic heterocycles.